The van der Waals surface area contributed by atoms with Crippen LogP contribution in [0.5, 0.6) is 0 Å². The zero-order valence-electron chi connectivity index (χ0n) is 12.4. The molecule has 1 nitrogen and oxygen atoms in total. The van der Waals surface area contributed by atoms with E-state index < -0.39 is 0 Å². The number of benzene rings is 1. The number of halogens is 2. The van der Waals surface area contributed by atoms with Crippen LogP contribution in [0.25, 0.3) is 0 Å². The van der Waals surface area contributed by atoms with Crippen LogP contribution in [-0.4, -0.2) is 23.8 Å². The number of hydrogen-bond donors (Lipinski definition) is 0. The van der Waals surface area contributed by atoms with E-state index in [1.807, 2.05) is 6.07 Å². The molecule has 3 heteroatoms. The second kappa shape index (κ2) is 7.56. The maximum atomic E-state index is 13.2. The summed E-state index contributed by atoms with van der Waals surface area (Å²) in [4.78, 5) is 2.35. The third-order valence-electron chi connectivity index (χ3n) is 4.39. The largest absolute Gasteiger partial charge is 0.302 e. The quantitative estimate of drug-likeness (QED) is 0.538. The minimum atomic E-state index is -0.138. The molecule has 112 valence electrons. The molecule has 0 saturated heterocycles. The van der Waals surface area contributed by atoms with E-state index in [0.29, 0.717) is 5.41 Å². The van der Waals surface area contributed by atoms with E-state index in [1.54, 1.807) is 12.1 Å². The number of alkyl halides is 1. The molecule has 1 saturated carbocycles. The average Bonchev–Trinajstić information content (AvgIpc) is 2.65. The lowest BCUT2D eigenvalue weighted by atomic mass is 9.82. The molecule has 1 fully saturated rings. The molecule has 0 unspecified atom stereocenters. The van der Waals surface area contributed by atoms with Gasteiger partial charge in [0.05, 0.1) is 0 Å². The van der Waals surface area contributed by atoms with Gasteiger partial charge in [-0.25, -0.2) is 4.39 Å². The molecule has 0 aliphatic heterocycles. The summed E-state index contributed by atoms with van der Waals surface area (Å²) >= 11 is 3.74. The highest BCUT2D eigenvalue weighted by molar-refractivity contribution is 9.09. The molecule has 0 aromatic heterocycles. The van der Waals surface area contributed by atoms with Gasteiger partial charge in [0.1, 0.15) is 5.82 Å². The molecule has 0 spiro atoms. The van der Waals surface area contributed by atoms with Crippen molar-refractivity contribution in [3.8, 4) is 0 Å². The number of rotatable bonds is 5. The van der Waals surface area contributed by atoms with Gasteiger partial charge in [0.15, 0.2) is 0 Å². The van der Waals surface area contributed by atoms with Crippen molar-refractivity contribution < 1.29 is 4.39 Å². The monoisotopic (exact) mass is 341 g/mol. The van der Waals surface area contributed by atoms with Crippen LogP contribution in [-0.2, 0) is 6.54 Å². The number of hydrogen-bond acceptors (Lipinski definition) is 1. The summed E-state index contributed by atoms with van der Waals surface area (Å²) < 4.78 is 13.2. The van der Waals surface area contributed by atoms with Gasteiger partial charge in [-0.3, -0.25) is 0 Å². The Balaban J connectivity index is 1.96. The van der Waals surface area contributed by atoms with Crippen molar-refractivity contribution in [1.82, 2.24) is 4.90 Å². The van der Waals surface area contributed by atoms with Gasteiger partial charge in [0, 0.05) is 18.4 Å². The van der Waals surface area contributed by atoms with Crippen LogP contribution in [0.4, 0.5) is 4.39 Å². The van der Waals surface area contributed by atoms with Crippen LogP contribution in [0.1, 0.15) is 44.1 Å². The van der Waals surface area contributed by atoms with Gasteiger partial charge in [-0.05, 0) is 43.0 Å². The average molecular weight is 342 g/mol. The van der Waals surface area contributed by atoms with Gasteiger partial charge in [0.2, 0.25) is 0 Å². The summed E-state index contributed by atoms with van der Waals surface area (Å²) in [7, 11) is 2.15. The Hall–Kier alpha value is -0.410. The van der Waals surface area contributed by atoms with E-state index in [1.165, 1.54) is 44.6 Å². The first kappa shape index (κ1) is 16.0. The maximum absolute atomic E-state index is 13.2. The second-order valence-electron chi connectivity index (χ2n) is 6.35. The minimum Gasteiger partial charge on any atom is -0.302 e. The standard InChI is InChI=1S/C17H25BrFN/c1-20(12-15-7-6-8-16(19)11-15)14-17(13-18)9-4-2-3-5-10-17/h6-8,11H,2-5,9-10,12-14H2,1H3. The van der Waals surface area contributed by atoms with Crippen molar-refractivity contribution in [2.45, 2.75) is 45.1 Å². The fourth-order valence-electron chi connectivity index (χ4n) is 3.39. The minimum absolute atomic E-state index is 0.138. The van der Waals surface area contributed by atoms with Crippen molar-refractivity contribution in [2.24, 2.45) is 5.41 Å². The highest BCUT2D eigenvalue weighted by Crippen LogP contribution is 2.37. The van der Waals surface area contributed by atoms with Crippen molar-refractivity contribution in [2.75, 3.05) is 18.9 Å². The predicted octanol–water partition coefficient (Wildman–Crippen LogP) is 4.99. The Morgan fingerprint density at radius 3 is 2.50 bits per heavy atom. The van der Waals surface area contributed by atoms with E-state index in [2.05, 4.69) is 27.9 Å². The summed E-state index contributed by atoms with van der Waals surface area (Å²) in [6.45, 7) is 1.92. The molecule has 0 heterocycles. The molecule has 0 atom stereocenters. The summed E-state index contributed by atoms with van der Waals surface area (Å²) in [6, 6.07) is 6.96. The van der Waals surface area contributed by atoms with Crippen LogP contribution in [0.2, 0.25) is 0 Å². The smallest absolute Gasteiger partial charge is 0.123 e. The molecule has 1 aliphatic rings. The topological polar surface area (TPSA) is 3.24 Å². The molecule has 0 bridgehead atoms. The van der Waals surface area contributed by atoms with Crippen LogP contribution < -0.4 is 0 Å². The fourth-order valence-corrected chi connectivity index (χ4v) is 4.13. The summed E-state index contributed by atoms with van der Waals surface area (Å²) in [5.74, 6) is -0.138. The van der Waals surface area contributed by atoms with Crippen molar-refractivity contribution in [1.29, 1.82) is 0 Å². The first-order valence-corrected chi connectivity index (χ1v) is 8.75. The van der Waals surface area contributed by atoms with Gasteiger partial charge in [0.25, 0.3) is 0 Å². The van der Waals surface area contributed by atoms with Gasteiger partial charge in [-0.1, -0.05) is 53.7 Å². The lowest BCUT2D eigenvalue weighted by Crippen LogP contribution is -2.36. The van der Waals surface area contributed by atoms with E-state index >= 15 is 0 Å². The molecular weight excluding hydrogens is 317 g/mol. The fraction of sp³-hybridized carbons (Fsp3) is 0.647. The Labute approximate surface area is 130 Å². The molecule has 0 amide bonds. The zero-order chi connectivity index (χ0) is 14.4. The third kappa shape index (κ3) is 4.56. The highest BCUT2D eigenvalue weighted by atomic mass is 79.9. The summed E-state index contributed by atoms with van der Waals surface area (Å²) in [5, 5.41) is 1.08. The van der Waals surface area contributed by atoms with Crippen molar-refractivity contribution in [3.63, 3.8) is 0 Å². The Morgan fingerprint density at radius 1 is 1.20 bits per heavy atom. The maximum Gasteiger partial charge on any atom is 0.123 e. The van der Waals surface area contributed by atoms with Gasteiger partial charge in [-0.15, -0.1) is 0 Å². The highest BCUT2D eigenvalue weighted by Gasteiger charge is 2.30. The summed E-state index contributed by atoms with van der Waals surface area (Å²) in [5.41, 5.74) is 1.46. The van der Waals surface area contributed by atoms with Crippen LogP contribution in [0.3, 0.4) is 0 Å². The van der Waals surface area contributed by atoms with E-state index in [0.717, 1.165) is 24.0 Å². The normalized spacial score (nSPS) is 19.0. The molecule has 1 aliphatic carbocycles. The zero-order valence-corrected chi connectivity index (χ0v) is 14.0. The van der Waals surface area contributed by atoms with E-state index in [9.17, 15) is 4.39 Å². The predicted molar refractivity (Wildman–Crippen MR) is 86.7 cm³/mol. The first-order valence-electron chi connectivity index (χ1n) is 7.63. The first-order chi connectivity index (χ1) is 9.63. The van der Waals surface area contributed by atoms with Crippen LogP contribution >= 0.6 is 15.9 Å². The van der Waals surface area contributed by atoms with Crippen molar-refractivity contribution >= 4 is 15.9 Å². The molecule has 1 aromatic rings. The molecule has 0 radical (unpaired) electrons. The van der Waals surface area contributed by atoms with Crippen molar-refractivity contribution in [3.05, 3.63) is 35.6 Å². The molecule has 2 rings (SSSR count). The van der Waals surface area contributed by atoms with Gasteiger partial charge in [-0.2, -0.15) is 0 Å². The third-order valence-corrected chi connectivity index (χ3v) is 5.58. The van der Waals surface area contributed by atoms with Gasteiger partial charge < -0.3 is 4.90 Å². The SMILES string of the molecule is CN(Cc1cccc(F)c1)CC1(CBr)CCCCCC1. The van der Waals surface area contributed by atoms with Crippen LogP contribution in [0.15, 0.2) is 24.3 Å². The second-order valence-corrected chi connectivity index (χ2v) is 6.91. The lowest BCUT2D eigenvalue weighted by Gasteiger charge is -2.35. The Kier molecular flexibility index (Phi) is 6.03. The Bertz CT molecular complexity index is 413. The Morgan fingerprint density at radius 2 is 1.90 bits per heavy atom. The molecule has 1 aromatic carbocycles. The molecular formula is C17H25BrFN. The molecule has 0 N–H and O–H groups in total. The number of nitrogens with zero attached hydrogens (tertiary/aromatic N) is 1. The summed E-state index contributed by atoms with van der Waals surface area (Å²) in [6.07, 6.45) is 8.07. The van der Waals surface area contributed by atoms with Crippen LogP contribution in [0, 0.1) is 11.2 Å². The molecule has 20 heavy (non-hydrogen) atoms. The van der Waals surface area contributed by atoms with E-state index in [4.69, 9.17) is 0 Å². The van der Waals surface area contributed by atoms with E-state index in [-0.39, 0.29) is 5.82 Å². The lowest BCUT2D eigenvalue weighted by molar-refractivity contribution is 0.171. The van der Waals surface area contributed by atoms with Gasteiger partial charge >= 0.3 is 0 Å².